The maximum atomic E-state index is 13.1. The van der Waals surface area contributed by atoms with Crippen molar-refractivity contribution in [2.24, 2.45) is 5.73 Å². The second kappa shape index (κ2) is 5.26. The summed E-state index contributed by atoms with van der Waals surface area (Å²) in [4.78, 5) is 5.06. The van der Waals surface area contributed by atoms with Gasteiger partial charge < -0.3 is 10.1 Å². The van der Waals surface area contributed by atoms with E-state index >= 15 is 0 Å². The summed E-state index contributed by atoms with van der Waals surface area (Å²) in [7, 11) is 0. The molecular weight excluding hydrogens is 285 g/mol. The van der Waals surface area contributed by atoms with Gasteiger partial charge in [-0.25, -0.2) is 9.37 Å². The quantitative estimate of drug-likeness (QED) is 0.755. The average Bonchev–Trinajstić information content (AvgIpc) is 2.77. The number of aromatic nitrogens is 2. The summed E-state index contributed by atoms with van der Waals surface area (Å²) in [6.45, 7) is 2.01. The smallest absolute Gasteiger partial charge is 0.137 e. The number of hydrogen-bond acceptors (Lipinski definition) is 2. The first-order valence-corrected chi connectivity index (χ1v) is 6.97. The van der Waals surface area contributed by atoms with Gasteiger partial charge >= 0.3 is 0 Å². The van der Waals surface area contributed by atoms with Crippen LogP contribution in [0.2, 0.25) is 0 Å². The minimum atomic E-state index is -0.269. The molecule has 3 nitrogen and oxygen atoms in total. The number of imidazole rings is 1. The van der Waals surface area contributed by atoms with E-state index in [1.165, 1.54) is 12.1 Å². The first-order chi connectivity index (χ1) is 10.0. The Kier molecular flexibility index (Phi) is 3.43. The molecule has 2 N–H and O–H groups in total. The Bertz CT molecular complexity index is 821. The Balaban J connectivity index is 2.24. The Morgan fingerprint density at radius 3 is 2.67 bits per heavy atom. The highest BCUT2D eigenvalue weighted by Gasteiger charge is 2.14. The van der Waals surface area contributed by atoms with E-state index in [-0.39, 0.29) is 5.82 Å². The summed E-state index contributed by atoms with van der Waals surface area (Å²) in [5.41, 5.74) is 10.2. The predicted molar refractivity (Wildman–Crippen MR) is 85.8 cm³/mol. The molecule has 3 rings (SSSR count). The van der Waals surface area contributed by atoms with Crippen molar-refractivity contribution in [3.05, 3.63) is 59.7 Å². The summed E-state index contributed by atoms with van der Waals surface area (Å²) < 4.78 is 15.1. The summed E-state index contributed by atoms with van der Waals surface area (Å²) in [5.74, 6) is -0.269. The van der Waals surface area contributed by atoms with Crippen LogP contribution in [0.15, 0.2) is 42.6 Å². The third-order valence-corrected chi connectivity index (χ3v) is 3.48. The van der Waals surface area contributed by atoms with Gasteiger partial charge in [-0.1, -0.05) is 12.2 Å². The van der Waals surface area contributed by atoms with Crippen molar-refractivity contribution in [2.75, 3.05) is 0 Å². The van der Waals surface area contributed by atoms with Crippen molar-refractivity contribution in [1.29, 1.82) is 0 Å². The molecule has 0 bridgehead atoms. The number of nitrogens with zero attached hydrogens (tertiary/aromatic N) is 2. The third kappa shape index (κ3) is 2.64. The fraction of sp³-hybridized carbons (Fsp3) is 0.125. The highest BCUT2D eigenvalue weighted by molar-refractivity contribution is 7.80. The molecule has 1 aromatic carbocycles. The fourth-order valence-electron chi connectivity index (χ4n) is 2.37. The summed E-state index contributed by atoms with van der Waals surface area (Å²) >= 11 is 5.04. The van der Waals surface area contributed by atoms with Crippen LogP contribution in [-0.4, -0.2) is 14.4 Å². The molecule has 2 heterocycles. The lowest BCUT2D eigenvalue weighted by molar-refractivity contribution is 0.628. The van der Waals surface area contributed by atoms with Gasteiger partial charge in [-0.15, -0.1) is 0 Å². The van der Waals surface area contributed by atoms with E-state index in [2.05, 4.69) is 4.98 Å². The SMILES string of the molecule is Cc1ccn2c(CC(N)=S)c(-c3ccc(F)cc3)nc2c1. The van der Waals surface area contributed by atoms with E-state index in [1.807, 2.05) is 29.7 Å². The molecule has 0 saturated heterocycles. The molecule has 0 saturated carbocycles. The highest BCUT2D eigenvalue weighted by Crippen LogP contribution is 2.25. The van der Waals surface area contributed by atoms with Crippen LogP contribution < -0.4 is 5.73 Å². The molecule has 3 aromatic rings. The normalized spacial score (nSPS) is 11.0. The van der Waals surface area contributed by atoms with Gasteiger partial charge in [0.1, 0.15) is 11.5 Å². The topological polar surface area (TPSA) is 43.3 Å². The summed E-state index contributed by atoms with van der Waals surface area (Å²) in [6.07, 6.45) is 2.41. The van der Waals surface area contributed by atoms with E-state index in [0.717, 1.165) is 28.2 Å². The van der Waals surface area contributed by atoms with Gasteiger partial charge in [-0.05, 0) is 48.9 Å². The maximum absolute atomic E-state index is 13.1. The molecule has 0 amide bonds. The van der Waals surface area contributed by atoms with E-state index in [9.17, 15) is 4.39 Å². The number of pyridine rings is 1. The Morgan fingerprint density at radius 2 is 2.00 bits per heavy atom. The van der Waals surface area contributed by atoms with Crippen LogP contribution in [0, 0.1) is 12.7 Å². The van der Waals surface area contributed by atoms with Crippen molar-refractivity contribution in [3.8, 4) is 11.3 Å². The van der Waals surface area contributed by atoms with Gasteiger partial charge in [0.05, 0.1) is 16.4 Å². The van der Waals surface area contributed by atoms with Gasteiger partial charge in [0, 0.05) is 18.2 Å². The molecule has 0 radical (unpaired) electrons. The van der Waals surface area contributed by atoms with E-state index in [0.29, 0.717) is 11.4 Å². The minimum absolute atomic E-state index is 0.269. The molecule has 0 aliphatic heterocycles. The predicted octanol–water partition coefficient (Wildman–Crippen LogP) is 3.28. The van der Waals surface area contributed by atoms with Gasteiger partial charge in [0.15, 0.2) is 0 Å². The Hall–Kier alpha value is -2.27. The Morgan fingerprint density at radius 1 is 1.29 bits per heavy atom. The van der Waals surface area contributed by atoms with Crippen molar-refractivity contribution in [3.63, 3.8) is 0 Å². The molecule has 0 aliphatic carbocycles. The van der Waals surface area contributed by atoms with Crippen molar-refractivity contribution in [2.45, 2.75) is 13.3 Å². The lowest BCUT2D eigenvalue weighted by Crippen LogP contribution is -2.13. The van der Waals surface area contributed by atoms with Gasteiger partial charge in [0.2, 0.25) is 0 Å². The second-order valence-electron chi connectivity index (χ2n) is 4.99. The fourth-order valence-corrected chi connectivity index (χ4v) is 2.51. The van der Waals surface area contributed by atoms with Crippen LogP contribution in [-0.2, 0) is 6.42 Å². The zero-order valence-electron chi connectivity index (χ0n) is 11.5. The molecule has 5 heteroatoms. The van der Waals surface area contributed by atoms with E-state index < -0.39 is 0 Å². The van der Waals surface area contributed by atoms with Crippen molar-refractivity contribution < 1.29 is 4.39 Å². The van der Waals surface area contributed by atoms with Crippen molar-refractivity contribution in [1.82, 2.24) is 9.38 Å². The first kappa shape index (κ1) is 13.7. The molecule has 0 atom stereocenters. The van der Waals surface area contributed by atoms with Gasteiger partial charge in [0.25, 0.3) is 0 Å². The second-order valence-corrected chi connectivity index (χ2v) is 5.51. The van der Waals surface area contributed by atoms with Crippen LogP contribution in [0.4, 0.5) is 4.39 Å². The molecule has 21 heavy (non-hydrogen) atoms. The number of nitrogens with two attached hydrogens (primary N) is 1. The van der Waals surface area contributed by atoms with Crippen LogP contribution >= 0.6 is 12.2 Å². The summed E-state index contributed by atoms with van der Waals surface area (Å²) in [6, 6.07) is 10.3. The van der Waals surface area contributed by atoms with Crippen LogP contribution in [0.5, 0.6) is 0 Å². The Labute approximate surface area is 127 Å². The van der Waals surface area contributed by atoms with E-state index in [1.54, 1.807) is 12.1 Å². The molecule has 2 aromatic heterocycles. The molecule has 0 unspecified atom stereocenters. The number of aryl methyl sites for hydroxylation is 1. The third-order valence-electron chi connectivity index (χ3n) is 3.34. The minimum Gasteiger partial charge on any atom is -0.393 e. The number of benzene rings is 1. The average molecular weight is 299 g/mol. The van der Waals surface area contributed by atoms with Crippen LogP contribution in [0.1, 0.15) is 11.3 Å². The monoisotopic (exact) mass is 299 g/mol. The van der Waals surface area contributed by atoms with Crippen molar-refractivity contribution >= 4 is 22.9 Å². The lowest BCUT2D eigenvalue weighted by atomic mass is 10.1. The summed E-state index contributed by atoms with van der Waals surface area (Å²) in [5, 5.41) is 0. The standard InChI is InChI=1S/C16H14FN3S/c1-10-6-7-20-13(9-14(18)21)16(19-15(20)8-10)11-2-4-12(17)5-3-11/h2-8H,9H2,1H3,(H2,18,21). The van der Waals surface area contributed by atoms with Gasteiger partial charge in [-0.3, -0.25) is 0 Å². The van der Waals surface area contributed by atoms with E-state index in [4.69, 9.17) is 18.0 Å². The van der Waals surface area contributed by atoms with Crippen LogP contribution in [0.3, 0.4) is 0 Å². The largest absolute Gasteiger partial charge is 0.393 e. The van der Waals surface area contributed by atoms with Crippen LogP contribution in [0.25, 0.3) is 16.9 Å². The maximum Gasteiger partial charge on any atom is 0.137 e. The molecular formula is C16H14FN3S. The number of fused-ring (bicyclic) bond motifs is 1. The highest BCUT2D eigenvalue weighted by atomic mass is 32.1. The lowest BCUT2D eigenvalue weighted by Gasteiger charge is -2.04. The molecule has 106 valence electrons. The number of rotatable bonds is 3. The zero-order chi connectivity index (χ0) is 15.0. The molecule has 0 fully saturated rings. The molecule has 0 spiro atoms. The molecule has 0 aliphatic rings. The number of halogens is 1. The first-order valence-electron chi connectivity index (χ1n) is 6.56. The zero-order valence-corrected chi connectivity index (χ0v) is 12.3. The number of hydrogen-bond donors (Lipinski definition) is 1. The number of thiocarbonyl (C=S) groups is 1. The van der Waals surface area contributed by atoms with Gasteiger partial charge in [-0.2, -0.15) is 0 Å².